The Hall–Kier alpha value is -1.00. The highest BCUT2D eigenvalue weighted by atomic mass is 79.9. The molecule has 0 aromatic heterocycles. The number of hydrogen-bond donors (Lipinski definition) is 1. The first kappa shape index (κ1) is 12.1. The van der Waals surface area contributed by atoms with Crippen LogP contribution < -0.4 is 5.32 Å². The van der Waals surface area contributed by atoms with Gasteiger partial charge in [-0.05, 0) is 40.2 Å². The highest BCUT2D eigenvalue weighted by Crippen LogP contribution is 2.14. The summed E-state index contributed by atoms with van der Waals surface area (Å²) < 4.78 is 4.82. The van der Waals surface area contributed by atoms with Gasteiger partial charge >= 0.3 is 5.97 Å². The smallest absolute Gasteiger partial charge is 0.346 e. The van der Waals surface area contributed by atoms with Gasteiger partial charge in [-0.1, -0.05) is 11.6 Å². The summed E-state index contributed by atoms with van der Waals surface area (Å²) in [6, 6.07) is 7.11. The average molecular weight is 291 g/mol. The lowest BCUT2D eigenvalue weighted by atomic mass is 10.3. The Morgan fingerprint density at radius 1 is 1.47 bits per heavy atom. The van der Waals surface area contributed by atoms with Crippen molar-refractivity contribution in [2.24, 2.45) is 0 Å². The molecule has 0 amide bonds. The Labute approximate surface area is 101 Å². The molecule has 3 nitrogen and oxygen atoms in total. The Balaban J connectivity index is 2.63. The maximum atomic E-state index is 11.0. The van der Waals surface area contributed by atoms with E-state index >= 15 is 0 Å². The van der Waals surface area contributed by atoms with Gasteiger partial charge in [0.2, 0.25) is 0 Å². The van der Waals surface area contributed by atoms with Crippen molar-refractivity contribution >= 4 is 39.2 Å². The van der Waals surface area contributed by atoms with Gasteiger partial charge in [0.15, 0.2) is 0 Å². The number of carbonyl (C=O) groups is 1. The standard InChI is InChI=1S/C10H9BrClNO2/c1-15-10(14)9(11)6-13-8-4-2-7(12)3-5-8/h2-6,13H,1H3/b9-6-. The quantitative estimate of drug-likeness (QED) is 0.686. The number of hydrogen-bond acceptors (Lipinski definition) is 3. The molecule has 0 atom stereocenters. The number of rotatable bonds is 3. The number of halogens is 2. The van der Waals surface area contributed by atoms with Crippen molar-refractivity contribution in [3.05, 3.63) is 40.0 Å². The van der Waals surface area contributed by atoms with E-state index in [0.29, 0.717) is 9.51 Å². The van der Waals surface area contributed by atoms with Crippen LogP contribution in [-0.2, 0) is 9.53 Å². The number of nitrogens with one attached hydrogen (secondary N) is 1. The topological polar surface area (TPSA) is 38.3 Å². The van der Waals surface area contributed by atoms with Crippen LogP contribution in [0.15, 0.2) is 34.9 Å². The fraction of sp³-hybridized carbons (Fsp3) is 0.100. The normalized spacial score (nSPS) is 11.0. The van der Waals surface area contributed by atoms with E-state index in [1.54, 1.807) is 24.3 Å². The lowest BCUT2D eigenvalue weighted by molar-refractivity contribution is -0.135. The lowest BCUT2D eigenvalue weighted by Gasteiger charge is -2.01. The van der Waals surface area contributed by atoms with Crippen LogP contribution in [0, 0.1) is 0 Å². The molecule has 0 bridgehead atoms. The summed E-state index contributed by atoms with van der Waals surface area (Å²) in [5.74, 6) is -0.434. The molecule has 0 spiro atoms. The molecule has 5 heteroatoms. The summed E-state index contributed by atoms with van der Waals surface area (Å²) in [4.78, 5) is 11.0. The number of esters is 1. The van der Waals surface area contributed by atoms with Gasteiger partial charge in [-0.2, -0.15) is 0 Å². The van der Waals surface area contributed by atoms with E-state index in [4.69, 9.17) is 11.6 Å². The van der Waals surface area contributed by atoms with Crippen molar-refractivity contribution in [1.29, 1.82) is 0 Å². The van der Waals surface area contributed by atoms with Crippen molar-refractivity contribution in [1.82, 2.24) is 0 Å². The maximum Gasteiger partial charge on any atom is 0.346 e. The molecule has 0 aliphatic rings. The zero-order valence-electron chi connectivity index (χ0n) is 7.96. The van der Waals surface area contributed by atoms with Crippen LogP contribution in [-0.4, -0.2) is 13.1 Å². The van der Waals surface area contributed by atoms with Crippen LogP contribution in [0.1, 0.15) is 0 Å². The van der Waals surface area contributed by atoms with E-state index in [1.807, 2.05) is 0 Å². The van der Waals surface area contributed by atoms with Gasteiger partial charge in [0.1, 0.15) is 4.48 Å². The van der Waals surface area contributed by atoms with Crippen molar-refractivity contribution in [2.45, 2.75) is 0 Å². The molecule has 1 aromatic rings. The zero-order chi connectivity index (χ0) is 11.3. The molecule has 1 rings (SSSR count). The van der Waals surface area contributed by atoms with Crippen LogP contribution in [0.25, 0.3) is 0 Å². The number of anilines is 1. The van der Waals surface area contributed by atoms with Gasteiger partial charge in [0.25, 0.3) is 0 Å². The van der Waals surface area contributed by atoms with Crippen LogP contribution in [0.5, 0.6) is 0 Å². The van der Waals surface area contributed by atoms with Crippen LogP contribution >= 0.6 is 27.5 Å². The van der Waals surface area contributed by atoms with E-state index in [2.05, 4.69) is 26.0 Å². The molecule has 0 saturated carbocycles. The summed E-state index contributed by atoms with van der Waals surface area (Å²) in [5.41, 5.74) is 0.834. The molecule has 0 radical (unpaired) electrons. The molecule has 0 aliphatic heterocycles. The van der Waals surface area contributed by atoms with Gasteiger partial charge in [0, 0.05) is 16.9 Å². The molecule has 1 N–H and O–H groups in total. The second kappa shape index (κ2) is 5.78. The summed E-state index contributed by atoms with van der Waals surface area (Å²) in [6.07, 6.45) is 1.51. The highest BCUT2D eigenvalue weighted by Gasteiger charge is 2.03. The van der Waals surface area contributed by atoms with Gasteiger partial charge in [0.05, 0.1) is 7.11 Å². The van der Waals surface area contributed by atoms with Crippen molar-refractivity contribution in [3.63, 3.8) is 0 Å². The molecule has 0 saturated heterocycles. The van der Waals surface area contributed by atoms with Crippen molar-refractivity contribution in [2.75, 3.05) is 12.4 Å². The molecule has 0 unspecified atom stereocenters. The summed E-state index contributed by atoms with van der Waals surface area (Å²) in [7, 11) is 1.32. The average Bonchev–Trinajstić information content (AvgIpc) is 2.26. The fourth-order valence-electron chi connectivity index (χ4n) is 0.849. The minimum Gasteiger partial charge on any atom is -0.465 e. The minimum absolute atomic E-state index is 0.319. The van der Waals surface area contributed by atoms with Crippen molar-refractivity contribution < 1.29 is 9.53 Å². The first-order chi connectivity index (χ1) is 7.13. The van der Waals surface area contributed by atoms with Crippen LogP contribution in [0.2, 0.25) is 5.02 Å². The molecule has 0 heterocycles. The summed E-state index contributed by atoms with van der Waals surface area (Å²) in [6.45, 7) is 0. The van der Waals surface area contributed by atoms with Gasteiger partial charge in [-0.15, -0.1) is 0 Å². The first-order valence-corrected chi connectivity index (χ1v) is 5.26. The zero-order valence-corrected chi connectivity index (χ0v) is 10.3. The highest BCUT2D eigenvalue weighted by molar-refractivity contribution is 9.12. The third kappa shape index (κ3) is 3.93. The van der Waals surface area contributed by atoms with E-state index in [0.717, 1.165) is 5.69 Å². The SMILES string of the molecule is COC(=O)/C(Br)=C/Nc1ccc(Cl)cc1. The van der Waals surface area contributed by atoms with Crippen LogP contribution in [0.3, 0.4) is 0 Å². The monoisotopic (exact) mass is 289 g/mol. The van der Waals surface area contributed by atoms with Gasteiger partial charge in [-0.3, -0.25) is 0 Å². The van der Waals surface area contributed by atoms with E-state index in [-0.39, 0.29) is 0 Å². The Morgan fingerprint density at radius 3 is 2.60 bits per heavy atom. The van der Waals surface area contributed by atoms with E-state index < -0.39 is 5.97 Å². The number of carbonyl (C=O) groups excluding carboxylic acids is 1. The first-order valence-electron chi connectivity index (χ1n) is 4.09. The fourth-order valence-corrected chi connectivity index (χ4v) is 1.25. The van der Waals surface area contributed by atoms with Gasteiger partial charge < -0.3 is 10.1 Å². The predicted molar refractivity (Wildman–Crippen MR) is 64.1 cm³/mol. The number of benzene rings is 1. The van der Waals surface area contributed by atoms with Gasteiger partial charge in [-0.25, -0.2) is 4.79 Å². The Kier molecular flexibility index (Phi) is 4.65. The summed E-state index contributed by atoms with van der Waals surface area (Å²) >= 11 is 8.79. The molecular weight excluding hydrogens is 281 g/mol. The number of ether oxygens (including phenoxy) is 1. The van der Waals surface area contributed by atoms with Crippen molar-refractivity contribution in [3.8, 4) is 0 Å². The maximum absolute atomic E-state index is 11.0. The van der Waals surface area contributed by atoms with E-state index in [9.17, 15) is 4.79 Å². The lowest BCUT2D eigenvalue weighted by Crippen LogP contribution is -2.01. The minimum atomic E-state index is -0.434. The molecular formula is C10H9BrClNO2. The van der Waals surface area contributed by atoms with Crippen LogP contribution in [0.4, 0.5) is 5.69 Å². The predicted octanol–water partition coefficient (Wildman–Crippen LogP) is 3.16. The second-order valence-electron chi connectivity index (χ2n) is 2.64. The summed E-state index contributed by atoms with van der Waals surface area (Å²) in [5, 5.41) is 3.58. The molecule has 1 aromatic carbocycles. The second-order valence-corrected chi connectivity index (χ2v) is 3.93. The number of methoxy groups -OCH3 is 1. The third-order valence-corrected chi connectivity index (χ3v) is 2.39. The molecule has 0 aliphatic carbocycles. The Bertz CT molecular complexity index is 376. The largest absolute Gasteiger partial charge is 0.465 e. The molecule has 15 heavy (non-hydrogen) atoms. The third-order valence-electron chi connectivity index (χ3n) is 1.59. The Morgan fingerprint density at radius 2 is 2.07 bits per heavy atom. The molecule has 0 fully saturated rings. The molecule has 80 valence electrons. The van der Waals surface area contributed by atoms with E-state index in [1.165, 1.54) is 13.3 Å².